The topological polar surface area (TPSA) is 40.6 Å². The van der Waals surface area contributed by atoms with Gasteiger partial charge in [0.05, 0.1) is 12.3 Å². The number of carbonyl (C=O) groups is 2. The first-order chi connectivity index (χ1) is 15.7. The average molecular weight is 427 g/mol. The SMILES string of the molecule is O=C(Cc1ccccc1)N1CCCC(C(=O)N(Cc2ccccc2)Cc2ccccc2)C1. The Morgan fingerprint density at radius 1 is 0.750 bits per heavy atom. The highest BCUT2D eigenvalue weighted by molar-refractivity contribution is 5.82. The first kappa shape index (κ1) is 21.8. The van der Waals surface area contributed by atoms with Gasteiger partial charge in [0.1, 0.15) is 0 Å². The van der Waals surface area contributed by atoms with Gasteiger partial charge in [-0.15, -0.1) is 0 Å². The standard InChI is InChI=1S/C28H30N2O2/c31-27(19-23-11-4-1-5-12-23)29-18-10-17-26(22-29)28(32)30(20-24-13-6-2-7-14-24)21-25-15-8-3-9-16-25/h1-9,11-16,26H,10,17-22H2. The van der Waals surface area contributed by atoms with Gasteiger partial charge in [0.15, 0.2) is 0 Å². The van der Waals surface area contributed by atoms with E-state index < -0.39 is 0 Å². The van der Waals surface area contributed by atoms with Crippen molar-refractivity contribution < 1.29 is 9.59 Å². The molecule has 164 valence electrons. The molecule has 3 aromatic carbocycles. The van der Waals surface area contributed by atoms with Gasteiger partial charge in [-0.3, -0.25) is 9.59 Å². The van der Waals surface area contributed by atoms with Gasteiger partial charge in [-0.25, -0.2) is 0 Å². The lowest BCUT2D eigenvalue weighted by Crippen LogP contribution is -2.46. The van der Waals surface area contributed by atoms with E-state index in [0.717, 1.165) is 36.1 Å². The summed E-state index contributed by atoms with van der Waals surface area (Å²) in [6.07, 6.45) is 2.08. The number of hydrogen-bond acceptors (Lipinski definition) is 2. The predicted molar refractivity (Wildman–Crippen MR) is 127 cm³/mol. The molecule has 3 aromatic rings. The van der Waals surface area contributed by atoms with Crippen LogP contribution in [0.2, 0.25) is 0 Å². The summed E-state index contributed by atoms with van der Waals surface area (Å²) in [5.41, 5.74) is 3.25. The molecule has 1 unspecified atom stereocenters. The Bertz CT molecular complexity index is 964. The molecular formula is C28H30N2O2. The second kappa shape index (κ2) is 10.8. The van der Waals surface area contributed by atoms with Gasteiger partial charge in [0.25, 0.3) is 0 Å². The van der Waals surface area contributed by atoms with Crippen LogP contribution in [0.1, 0.15) is 29.5 Å². The molecule has 0 N–H and O–H groups in total. The van der Waals surface area contributed by atoms with Gasteiger partial charge in [-0.05, 0) is 29.5 Å². The lowest BCUT2D eigenvalue weighted by Gasteiger charge is -2.35. The minimum Gasteiger partial charge on any atom is -0.342 e. The number of likely N-dealkylation sites (tertiary alicyclic amines) is 1. The van der Waals surface area contributed by atoms with E-state index in [4.69, 9.17) is 0 Å². The van der Waals surface area contributed by atoms with Crippen molar-refractivity contribution in [3.05, 3.63) is 108 Å². The number of piperidine rings is 1. The van der Waals surface area contributed by atoms with E-state index in [1.165, 1.54) is 0 Å². The van der Waals surface area contributed by atoms with Gasteiger partial charge >= 0.3 is 0 Å². The van der Waals surface area contributed by atoms with Gasteiger partial charge in [-0.1, -0.05) is 91.0 Å². The van der Waals surface area contributed by atoms with Crippen LogP contribution in [0.15, 0.2) is 91.0 Å². The van der Waals surface area contributed by atoms with Crippen molar-refractivity contribution in [2.75, 3.05) is 13.1 Å². The first-order valence-electron chi connectivity index (χ1n) is 11.4. The van der Waals surface area contributed by atoms with Crippen molar-refractivity contribution >= 4 is 11.8 Å². The molecule has 1 aliphatic heterocycles. The number of nitrogens with zero attached hydrogens (tertiary/aromatic N) is 2. The minimum absolute atomic E-state index is 0.103. The molecule has 1 saturated heterocycles. The van der Waals surface area contributed by atoms with Gasteiger partial charge in [-0.2, -0.15) is 0 Å². The zero-order valence-corrected chi connectivity index (χ0v) is 18.4. The van der Waals surface area contributed by atoms with Crippen LogP contribution in [0.3, 0.4) is 0 Å². The zero-order chi connectivity index (χ0) is 22.2. The van der Waals surface area contributed by atoms with E-state index in [2.05, 4.69) is 24.3 Å². The fraction of sp³-hybridized carbons (Fsp3) is 0.286. The van der Waals surface area contributed by atoms with Crippen molar-refractivity contribution in [1.82, 2.24) is 9.80 Å². The molecule has 1 heterocycles. The van der Waals surface area contributed by atoms with E-state index in [1.807, 2.05) is 76.5 Å². The summed E-state index contributed by atoms with van der Waals surface area (Å²) >= 11 is 0. The zero-order valence-electron chi connectivity index (χ0n) is 18.4. The molecule has 1 aliphatic rings. The smallest absolute Gasteiger partial charge is 0.228 e. The predicted octanol–water partition coefficient (Wildman–Crippen LogP) is 4.70. The van der Waals surface area contributed by atoms with Crippen molar-refractivity contribution in [1.29, 1.82) is 0 Å². The lowest BCUT2D eigenvalue weighted by molar-refractivity contribution is -0.141. The summed E-state index contributed by atoms with van der Waals surface area (Å²) in [5, 5.41) is 0. The molecule has 0 saturated carbocycles. The first-order valence-corrected chi connectivity index (χ1v) is 11.4. The Kier molecular flexibility index (Phi) is 7.34. The largest absolute Gasteiger partial charge is 0.342 e. The van der Waals surface area contributed by atoms with Crippen molar-refractivity contribution in [3.8, 4) is 0 Å². The van der Waals surface area contributed by atoms with Gasteiger partial charge in [0, 0.05) is 26.2 Å². The molecule has 0 spiro atoms. The maximum atomic E-state index is 13.6. The molecule has 1 atom stereocenters. The number of rotatable bonds is 7. The third-order valence-electron chi connectivity index (χ3n) is 6.07. The van der Waals surface area contributed by atoms with E-state index in [1.54, 1.807) is 0 Å². The molecule has 0 aliphatic carbocycles. The van der Waals surface area contributed by atoms with Crippen molar-refractivity contribution in [2.45, 2.75) is 32.4 Å². The van der Waals surface area contributed by atoms with Crippen molar-refractivity contribution in [3.63, 3.8) is 0 Å². The van der Waals surface area contributed by atoms with Crippen LogP contribution in [0.25, 0.3) is 0 Å². The highest BCUT2D eigenvalue weighted by atomic mass is 16.2. The maximum Gasteiger partial charge on any atom is 0.228 e. The molecule has 32 heavy (non-hydrogen) atoms. The van der Waals surface area contributed by atoms with Crippen LogP contribution in [0, 0.1) is 5.92 Å². The summed E-state index contributed by atoms with van der Waals surface area (Å²) in [6.45, 7) is 2.38. The number of benzene rings is 3. The Morgan fingerprint density at radius 2 is 1.25 bits per heavy atom. The maximum absolute atomic E-state index is 13.6. The van der Waals surface area contributed by atoms with E-state index in [9.17, 15) is 9.59 Å². The quantitative estimate of drug-likeness (QED) is 0.550. The van der Waals surface area contributed by atoms with E-state index in [-0.39, 0.29) is 17.7 Å². The summed E-state index contributed by atoms with van der Waals surface area (Å²) in [6, 6.07) is 30.1. The molecule has 4 heteroatoms. The summed E-state index contributed by atoms with van der Waals surface area (Å²) < 4.78 is 0. The normalized spacial score (nSPS) is 15.9. The lowest BCUT2D eigenvalue weighted by atomic mass is 9.95. The number of amides is 2. The highest BCUT2D eigenvalue weighted by Crippen LogP contribution is 2.22. The Morgan fingerprint density at radius 3 is 1.78 bits per heavy atom. The van der Waals surface area contributed by atoms with Crippen LogP contribution >= 0.6 is 0 Å². The van der Waals surface area contributed by atoms with Crippen LogP contribution in [-0.4, -0.2) is 34.7 Å². The van der Waals surface area contributed by atoms with Crippen LogP contribution in [-0.2, 0) is 29.1 Å². The third kappa shape index (κ3) is 5.85. The van der Waals surface area contributed by atoms with Crippen LogP contribution in [0.5, 0.6) is 0 Å². The van der Waals surface area contributed by atoms with Gasteiger partial charge < -0.3 is 9.80 Å². The Labute approximate surface area is 190 Å². The second-order valence-electron chi connectivity index (χ2n) is 8.51. The van der Waals surface area contributed by atoms with E-state index in [0.29, 0.717) is 26.1 Å². The Hall–Kier alpha value is -3.40. The molecule has 0 aromatic heterocycles. The Balaban J connectivity index is 1.46. The fourth-order valence-corrected chi connectivity index (χ4v) is 4.37. The fourth-order valence-electron chi connectivity index (χ4n) is 4.37. The molecular weight excluding hydrogens is 396 g/mol. The summed E-state index contributed by atoms with van der Waals surface area (Å²) in [4.78, 5) is 30.3. The van der Waals surface area contributed by atoms with Crippen LogP contribution < -0.4 is 0 Å². The van der Waals surface area contributed by atoms with Gasteiger partial charge in [0.2, 0.25) is 11.8 Å². The van der Waals surface area contributed by atoms with Crippen molar-refractivity contribution in [2.24, 2.45) is 5.92 Å². The third-order valence-corrected chi connectivity index (χ3v) is 6.07. The summed E-state index contributed by atoms with van der Waals surface area (Å²) in [5.74, 6) is 0.0807. The second-order valence-corrected chi connectivity index (χ2v) is 8.51. The minimum atomic E-state index is -0.157. The number of carbonyl (C=O) groups excluding carboxylic acids is 2. The molecule has 0 radical (unpaired) electrons. The molecule has 1 fully saturated rings. The van der Waals surface area contributed by atoms with Crippen LogP contribution in [0.4, 0.5) is 0 Å². The molecule has 0 bridgehead atoms. The summed E-state index contributed by atoms with van der Waals surface area (Å²) in [7, 11) is 0. The van der Waals surface area contributed by atoms with E-state index >= 15 is 0 Å². The molecule has 4 nitrogen and oxygen atoms in total. The molecule has 4 rings (SSSR count). The highest BCUT2D eigenvalue weighted by Gasteiger charge is 2.31. The molecule has 2 amide bonds. The monoisotopic (exact) mass is 426 g/mol. The number of hydrogen-bond donors (Lipinski definition) is 0. The average Bonchev–Trinajstić information content (AvgIpc) is 2.85.